The van der Waals surface area contributed by atoms with Gasteiger partial charge in [-0.15, -0.1) is 0 Å². The molecule has 1 aliphatic rings. The Morgan fingerprint density at radius 1 is 1.46 bits per heavy atom. The van der Waals surface area contributed by atoms with E-state index in [-0.39, 0.29) is 0 Å². The predicted molar refractivity (Wildman–Crippen MR) is 48.7 cm³/mol. The Hall–Kier alpha value is -1.04. The SMILES string of the molecule is c1cc(CNC2CNNC2)ncn1. The van der Waals surface area contributed by atoms with Gasteiger partial charge >= 0.3 is 0 Å². The second-order valence-electron chi connectivity index (χ2n) is 3.04. The molecule has 5 heteroatoms. The van der Waals surface area contributed by atoms with Gasteiger partial charge in [-0.1, -0.05) is 0 Å². The molecule has 1 aromatic rings. The van der Waals surface area contributed by atoms with Gasteiger partial charge in [0.1, 0.15) is 6.33 Å². The van der Waals surface area contributed by atoms with E-state index in [1.165, 1.54) is 0 Å². The molecule has 0 radical (unpaired) electrons. The van der Waals surface area contributed by atoms with Crippen LogP contribution < -0.4 is 16.2 Å². The summed E-state index contributed by atoms with van der Waals surface area (Å²) in [6, 6.07) is 2.41. The van der Waals surface area contributed by atoms with E-state index in [9.17, 15) is 0 Å². The highest BCUT2D eigenvalue weighted by Crippen LogP contribution is 1.92. The second-order valence-corrected chi connectivity index (χ2v) is 3.04. The van der Waals surface area contributed by atoms with Crippen molar-refractivity contribution in [2.75, 3.05) is 13.1 Å². The van der Waals surface area contributed by atoms with Crippen molar-refractivity contribution in [3.05, 3.63) is 24.3 Å². The fraction of sp³-hybridized carbons (Fsp3) is 0.500. The Labute approximate surface area is 76.9 Å². The van der Waals surface area contributed by atoms with Crippen molar-refractivity contribution in [2.24, 2.45) is 0 Å². The average molecular weight is 179 g/mol. The van der Waals surface area contributed by atoms with E-state index in [2.05, 4.69) is 26.1 Å². The van der Waals surface area contributed by atoms with Crippen molar-refractivity contribution in [3.63, 3.8) is 0 Å². The lowest BCUT2D eigenvalue weighted by atomic mass is 10.3. The van der Waals surface area contributed by atoms with Crippen LogP contribution in [0, 0.1) is 0 Å². The smallest absolute Gasteiger partial charge is 0.115 e. The van der Waals surface area contributed by atoms with E-state index >= 15 is 0 Å². The molecule has 3 N–H and O–H groups in total. The van der Waals surface area contributed by atoms with Gasteiger partial charge in [0.25, 0.3) is 0 Å². The molecule has 0 spiro atoms. The number of nitrogens with one attached hydrogen (secondary N) is 3. The predicted octanol–water partition coefficient (Wildman–Crippen LogP) is -0.957. The quantitative estimate of drug-likeness (QED) is 0.558. The first-order valence-electron chi connectivity index (χ1n) is 4.39. The third kappa shape index (κ3) is 2.45. The van der Waals surface area contributed by atoms with E-state index in [0.29, 0.717) is 6.04 Å². The van der Waals surface area contributed by atoms with Crippen molar-refractivity contribution in [1.29, 1.82) is 0 Å². The van der Waals surface area contributed by atoms with Gasteiger partial charge in [-0.2, -0.15) is 0 Å². The molecule has 0 saturated carbocycles. The van der Waals surface area contributed by atoms with Gasteiger partial charge in [0.05, 0.1) is 5.69 Å². The van der Waals surface area contributed by atoms with Crippen LogP contribution in [0.1, 0.15) is 5.69 Å². The van der Waals surface area contributed by atoms with Crippen LogP contribution in [0.15, 0.2) is 18.6 Å². The number of nitrogens with zero attached hydrogens (tertiary/aromatic N) is 2. The van der Waals surface area contributed by atoms with Crippen LogP contribution in [0.4, 0.5) is 0 Å². The average Bonchev–Trinajstić information content (AvgIpc) is 2.69. The van der Waals surface area contributed by atoms with Gasteiger partial charge in [0.2, 0.25) is 0 Å². The number of hydrogen-bond acceptors (Lipinski definition) is 5. The molecule has 13 heavy (non-hydrogen) atoms. The largest absolute Gasteiger partial charge is 0.306 e. The molecule has 0 aliphatic carbocycles. The molecule has 1 aromatic heterocycles. The molecule has 0 amide bonds. The molecule has 0 unspecified atom stereocenters. The molecule has 0 bridgehead atoms. The van der Waals surface area contributed by atoms with E-state index in [1.54, 1.807) is 12.5 Å². The summed E-state index contributed by atoms with van der Waals surface area (Å²) in [6.07, 6.45) is 3.33. The van der Waals surface area contributed by atoms with Crippen LogP contribution in [-0.2, 0) is 6.54 Å². The maximum absolute atomic E-state index is 4.13. The normalized spacial score (nSPS) is 17.8. The fourth-order valence-electron chi connectivity index (χ4n) is 1.28. The number of aromatic nitrogens is 2. The summed E-state index contributed by atoms with van der Waals surface area (Å²) in [5.74, 6) is 0. The van der Waals surface area contributed by atoms with Crippen molar-refractivity contribution >= 4 is 0 Å². The van der Waals surface area contributed by atoms with Crippen LogP contribution in [-0.4, -0.2) is 29.1 Å². The minimum absolute atomic E-state index is 0.495. The third-order valence-electron chi connectivity index (χ3n) is 2.04. The molecular weight excluding hydrogens is 166 g/mol. The Morgan fingerprint density at radius 3 is 3.00 bits per heavy atom. The van der Waals surface area contributed by atoms with Gasteiger partial charge in [0, 0.05) is 31.9 Å². The lowest BCUT2D eigenvalue weighted by molar-refractivity contribution is 0.559. The highest BCUT2D eigenvalue weighted by Gasteiger charge is 2.12. The highest BCUT2D eigenvalue weighted by atomic mass is 15.4. The van der Waals surface area contributed by atoms with Crippen LogP contribution >= 0.6 is 0 Å². The summed E-state index contributed by atoms with van der Waals surface area (Å²) in [4.78, 5) is 7.99. The Kier molecular flexibility index (Phi) is 2.81. The summed E-state index contributed by atoms with van der Waals surface area (Å²) < 4.78 is 0. The zero-order valence-corrected chi connectivity index (χ0v) is 7.33. The lowest BCUT2D eigenvalue weighted by Gasteiger charge is -2.08. The first kappa shape index (κ1) is 8.55. The fourth-order valence-corrected chi connectivity index (χ4v) is 1.28. The summed E-state index contributed by atoms with van der Waals surface area (Å²) in [5.41, 5.74) is 7.16. The molecule has 1 aliphatic heterocycles. The van der Waals surface area contributed by atoms with Crippen molar-refractivity contribution < 1.29 is 0 Å². The molecule has 2 rings (SSSR count). The molecule has 5 nitrogen and oxygen atoms in total. The topological polar surface area (TPSA) is 61.9 Å². The first-order chi connectivity index (χ1) is 6.45. The standard InChI is InChI=1S/C8H13N5/c1-2-9-6-11-7(1)3-10-8-4-12-13-5-8/h1-2,6,8,10,12-13H,3-5H2. The van der Waals surface area contributed by atoms with E-state index in [1.807, 2.05) is 6.07 Å². The minimum Gasteiger partial charge on any atom is -0.306 e. The molecule has 1 fully saturated rings. The monoisotopic (exact) mass is 179 g/mol. The van der Waals surface area contributed by atoms with Crippen LogP contribution in [0.5, 0.6) is 0 Å². The number of rotatable bonds is 3. The van der Waals surface area contributed by atoms with E-state index in [0.717, 1.165) is 25.3 Å². The molecule has 1 saturated heterocycles. The molecule has 70 valence electrons. The first-order valence-corrected chi connectivity index (χ1v) is 4.39. The summed E-state index contributed by atoms with van der Waals surface area (Å²) in [5, 5.41) is 3.38. The summed E-state index contributed by atoms with van der Waals surface area (Å²) in [7, 11) is 0. The highest BCUT2D eigenvalue weighted by molar-refractivity contribution is 4.97. The lowest BCUT2D eigenvalue weighted by Crippen LogP contribution is -2.33. The Morgan fingerprint density at radius 2 is 2.31 bits per heavy atom. The van der Waals surface area contributed by atoms with Crippen LogP contribution in [0.2, 0.25) is 0 Å². The van der Waals surface area contributed by atoms with Gasteiger partial charge in [-0.25, -0.2) is 9.97 Å². The zero-order valence-electron chi connectivity index (χ0n) is 7.33. The van der Waals surface area contributed by atoms with Gasteiger partial charge < -0.3 is 5.32 Å². The second kappa shape index (κ2) is 4.27. The van der Waals surface area contributed by atoms with Gasteiger partial charge in [-0.3, -0.25) is 10.9 Å². The maximum atomic E-state index is 4.13. The Balaban J connectivity index is 1.79. The maximum Gasteiger partial charge on any atom is 0.115 e. The van der Waals surface area contributed by atoms with E-state index in [4.69, 9.17) is 0 Å². The minimum atomic E-state index is 0.495. The third-order valence-corrected chi connectivity index (χ3v) is 2.04. The van der Waals surface area contributed by atoms with Crippen molar-refractivity contribution in [1.82, 2.24) is 26.1 Å². The van der Waals surface area contributed by atoms with Crippen molar-refractivity contribution in [2.45, 2.75) is 12.6 Å². The number of hydrazine groups is 1. The summed E-state index contributed by atoms with van der Waals surface area (Å²) >= 11 is 0. The van der Waals surface area contributed by atoms with Crippen LogP contribution in [0.25, 0.3) is 0 Å². The molecule has 0 aromatic carbocycles. The molecular formula is C8H13N5. The molecule has 0 atom stereocenters. The summed E-state index contributed by atoms with van der Waals surface area (Å²) in [6.45, 7) is 2.73. The molecule has 2 heterocycles. The van der Waals surface area contributed by atoms with E-state index < -0.39 is 0 Å². The van der Waals surface area contributed by atoms with Gasteiger partial charge in [-0.05, 0) is 6.07 Å². The van der Waals surface area contributed by atoms with Crippen LogP contribution in [0.3, 0.4) is 0 Å². The Bertz CT molecular complexity index is 244. The zero-order chi connectivity index (χ0) is 8.93. The van der Waals surface area contributed by atoms with Crippen molar-refractivity contribution in [3.8, 4) is 0 Å². The number of hydrogen-bond donors (Lipinski definition) is 3. The van der Waals surface area contributed by atoms with Gasteiger partial charge in [0.15, 0.2) is 0 Å².